The molecule has 32 heavy (non-hydrogen) atoms. The highest BCUT2D eigenvalue weighted by molar-refractivity contribution is 5.76. The molecule has 2 aromatic heterocycles. The van der Waals surface area contributed by atoms with E-state index in [1.54, 1.807) is 22.9 Å². The molecule has 6 nitrogen and oxygen atoms in total. The summed E-state index contributed by atoms with van der Waals surface area (Å²) in [6.07, 6.45) is 3.03. The molecule has 0 fully saturated rings. The normalized spacial score (nSPS) is 10.9. The van der Waals surface area contributed by atoms with Gasteiger partial charge in [0.15, 0.2) is 5.65 Å². The van der Waals surface area contributed by atoms with E-state index in [-0.39, 0.29) is 17.9 Å². The van der Waals surface area contributed by atoms with Crippen LogP contribution < -0.4 is 10.9 Å². The second-order valence-corrected chi connectivity index (χ2v) is 7.87. The van der Waals surface area contributed by atoms with Crippen molar-refractivity contribution in [2.45, 2.75) is 32.7 Å². The van der Waals surface area contributed by atoms with E-state index in [1.165, 1.54) is 11.1 Å². The van der Waals surface area contributed by atoms with E-state index in [1.807, 2.05) is 36.4 Å². The number of hydrogen-bond donors (Lipinski definition) is 1. The molecule has 0 aliphatic heterocycles. The van der Waals surface area contributed by atoms with Crippen LogP contribution in [0, 0.1) is 6.92 Å². The van der Waals surface area contributed by atoms with Gasteiger partial charge in [0.25, 0.3) is 5.56 Å². The molecular weight excluding hydrogens is 400 g/mol. The summed E-state index contributed by atoms with van der Waals surface area (Å²) in [5, 5.41) is 3.45. The minimum atomic E-state index is -0.137. The number of pyridine rings is 1. The molecule has 4 aromatic rings. The number of benzene rings is 2. The van der Waals surface area contributed by atoms with Crippen molar-refractivity contribution in [3.05, 3.63) is 106 Å². The van der Waals surface area contributed by atoms with E-state index in [9.17, 15) is 9.59 Å². The summed E-state index contributed by atoms with van der Waals surface area (Å²) in [4.78, 5) is 34.4. The summed E-state index contributed by atoms with van der Waals surface area (Å²) >= 11 is 0. The van der Waals surface area contributed by atoms with Gasteiger partial charge < -0.3 is 5.32 Å². The third-order valence-corrected chi connectivity index (χ3v) is 5.39. The highest BCUT2D eigenvalue weighted by Crippen LogP contribution is 2.10. The fourth-order valence-corrected chi connectivity index (χ4v) is 3.75. The Morgan fingerprint density at radius 3 is 2.59 bits per heavy atom. The molecule has 1 N–H and O–H groups in total. The molecule has 0 atom stereocenters. The van der Waals surface area contributed by atoms with Crippen molar-refractivity contribution in [3.8, 4) is 0 Å². The van der Waals surface area contributed by atoms with Gasteiger partial charge in [0, 0.05) is 25.6 Å². The lowest BCUT2D eigenvalue weighted by Crippen LogP contribution is -2.29. The second kappa shape index (κ2) is 10.0. The topological polar surface area (TPSA) is 76.9 Å². The number of aromatic nitrogens is 3. The highest BCUT2D eigenvalue weighted by Gasteiger charge is 2.13. The summed E-state index contributed by atoms with van der Waals surface area (Å²) in [7, 11) is 0. The molecule has 2 aromatic carbocycles. The highest BCUT2D eigenvalue weighted by atomic mass is 16.1. The Hall–Kier alpha value is -3.80. The van der Waals surface area contributed by atoms with Crippen LogP contribution in [0.2, 0.25) is 0 Å². The number of fused-ring (bicyclic) bond motifs is 1. The molecule has 0 spiro atoms. The summed E-state index contributed by atoms with van der Waals surface area (Å²) in [6, 6.07) is 21.5. The van der Waals surface area contributed by atoms with Crippen LogP contribution in [0.15, 0.2) is 77.7 Å². The Labute approximate surface area is 187 Å². The molecule has 0 aliphatic carbocycles. The van der Waals surface area contributed by atoms with Gasteiger partial charge in [-0.3, -0.25) is 14.2 Å². The van der Waals surface area contributed by atoms with Gasteiger partial charge in [-0.25, -0.2) is 9.97 Å². The number of hydrogen-bond acceptors (Lipinski definition) is 4. The van der Waals surface area contributed by atoms with Gasteiger partial charge in [0.1, 0.15) is 5.82 Å². The number of amides is 1. The Balaban J connectivity index is 1.47. The molecule has 162 valence electrons. The predicted molar refractivity (Wildman–Crippen MR) is 126 cm³/mol. The molecule has 4 rings (SSSR count). The largest absolute Gasteiger partial charge is 0.356 e. The van der Waals surface area contributed by atoms with Crippen LogP contribution in [0.4, 0.5) is 0 Å². The third kappa shape index (κ3) is 5.27. The average molecular weight is 427 g/mol. The minimum Gasteiger partial charge on any atom is -0.356 e. The molecule has 0 unspecified atom stereocenters. The summed E-state index contributed by atoms with van der Waals surface area (Å²) in [6.45, 7) is 3.04. The van der Waals surface area contributed by atoms with E-state index in [2.05, 4.69) is 40.4 Å². The first-order valence-electron chi connectivity index (χ1n) is 10.8. The van der Waals surface area contributed by atoms with E-state index < -0.39 is 0 Å². The SMILES string of the molecule is Cc1cccc(CCNC(=O)CCc2nc3ncccc3c(=O)n2Cc2ccccc2)c1. The molecule has 2 heterocycles. The standard InChI is InChI=1S/C26H26N4O2/c1-19-7-5-10-20(17-19)14-16-27-24(31)13-12-23-29-25-22(11-6-15-28-25)26(32)30(23)18-21-8-3-2-4-9-21/h2-11,15,17H,12-14,16,18H2,1H3,(H,27,31). The molecule has 0 bridgehead atoms. The second-order valence-electron chi connectivity index (χ2n) is 7.87. The lowest BCUT2D eigenvalue weighted by atomic mass is 10.1. The maximum absolute atomic E-state index is 13.1. The van der Waals surface area contributed by atoms with Crippen molar-refractivity contribution >= 4 is 16.9 Å². The predicted octanol–water partition coefficient (Wildman–Crippen LogP) is 3.44. The molecular formula is C26H26N4O2. The Morgan fingerprint density at radius 1 is 0.969 bits per heavy atom. The van der Waals surface area contributed by atoms with Crippen molar-refractivity contribution in [3.63, 3.8) is 0 Å². The number of carbonyl (C=O) groups excluding carboxylic acids is 1. The first-order valence-corrected chi connectivity index (χ1v) is 10.8. The fourth-order valence-electron chi connectivity index (χ4n) is 3.75. The van der Waals surface area contributed by atoms with Crippen molar-refractivity contribution < 1.29 is 4.79 Å². The van der Waals surface area contributed by atoms with Gasteiger partial charge in [-0.05, 0) is 36.6 Å². The molecule has 0 saturated carbocycles. The number of nitrogens with zero attached hydrogens (tertiary/aromatic N) is 3. The van der Waals surface area contributed by atoms with E-state index in [4.69, 9.17) is 0 Å². The minimum absolute atomic E-state index is 0.0562. The monoisotopic (exact) mass is 426 g/mol. The lowest BCUT2D eigenvalue weighted by Gasteiger charge is -2.13. The van der Waals surface area contributed by atoms with Crippen LogP contribution in [0.1, 0.15) is 28.9 Å². The van der Waals surface area contributed by atoms with Gasteiger partial charge in [0.2, 0.25) is 5.91 Å². The van der Waals surface area contributed by atoms with E-state index in [0.717, 1.165) is 12.0 Å². The van der Waals surface area contributed by atoms with Crippen LogP contribution in [-0.2, 0) is 24.2 Å². The van der Waals surface area contributed by atoms with E-state index >= 15 is 0 Å². The molecule has 1 amide bonds. The van der Waals surface area contributed by atoms with Gasteiger partial charge in [-0.1, -0.05) is 60.2 Å². The first-order chi connectivity index (χ1) is 15.6. The smallest absolute Gasteiger partial charge is 0.263 e. The zero-order valence-corrected chi connectivity index (χ0v) is 18.1. The average Bonchev–Trinajstić information content (AvgIpc) is 2.80. The summed E-state index contributed by atoms with van der Waals surface area (Å²) in [5.41, 5.74) is 3.69. The van der Waals surface area contributed by atoms with Gasteiger partial charge in [-0.15, -0.1) is 0 Å². The van der Waals surface area contributed by atoms with E-state index in [0.29, 0.717) is 36.4 Å². The molecule has 0 saturated heterocycles. The van der Waals surface area contributed by atoms with Gasteiger partial charge in [-0.2, -0.15) is 0 Å². The van der Waals surface area contributed by atoms with Crippen LogP contribution in [0.5, 0.6) is 0 Å². The Morgan fingerprint density at radius 2 is 1.78 bits per heavy atom. The summed E-state index contributed by atoms with van der Waals surface area (Å²) in [5.74, 6) is 0.512. The maximum atomic E-state index is 13.1. The number of aryl methyl sites for hydroxylation is 2. The zero-order chi connectivity index (χ0) is 22.3. The van der Waals surface area contributed by atoms with Crippen LogP contribution >= 0.6 is 0 Å². The van der Waals surface area contributed by atoms with Crippen molar-refractivity contribution in [2.24, 2.45) is 0 Å². The van der Waals surface area contributed by atoms with Crippen molar-refractivity contribution in [1.29, 1.82) is 0 Å². The first kappa shape index (κ1) is 21.4. The van der Waals surface area contributed by atoms with Gasteiger partial charge >= 0.3 is 0 Å². The van der Waals surface area contributed by atoms with Gasteiger partial charge in [0.05, 0.1) is 11.9 Å². The van der Waals surface area contributed by atoms with Crippen LogP contribution in [0.3, 0.4) is 0 Å². The number of carbonyl (C=O) groups is 1. The summed E-state index contributed by atoms with van der Waals surface area (Å²) < 4.78 is 1.65. The maximum Gasteiger partial charge on any atom is 0.263 e. The Bertz CT molecular complexity index is 1280. The number of rotatable bonds is 8. The van der Waals surface area contributed by atoms with Crippen LogP contribution in [0.25, 0.3) is 11.0 Å². The fraction of sp³-hybridized carbons (Fsp3) is 0.231. The van der Waals surface area contributed by atoms with Crippen LogP contribution in [-0.4, -0.2) is 27.0 Å². The Kier molecular flexibility index (Phi) is 6.70. The van der Waals surface area contributed by atoms with Crippen molar-refractivity contribution in [2.75, 3.05) is 6.54 Å². The number of nitrogens with one attached hydrogen (secondary N) is 1. The lowest BCUT2D eigenvalue weighted by molar-refractivity contribution is -0.121. The molecule has 6 heteroatoms. The molecule has 0 aliphatic rings. The zero-order valence-electron chi connectivity index (χ0n) is 18.1. The third-order valence-electron chi connectivity index (χ3n) is 5.39. The quantitative estimate of drug-likeness (QED) is 0.468. The molecule has 0 radical (unpaired) electrons. The van der Waals surface area contributed by atoms with Crippen molar-refractivity contribution in [1.82, 2.24) is 19.9 Å².